The van der Waals surface area contributed by atoms with Crippen LogP contribution in [0.25, 0.3) is 0 Å². The van der Waals surface area contributed by atoms with E-state index in [9.17, 15) is 0 Å². The maximum atomic E-state index is 5.55. The van der Waals surface area contributed by atoms with E-state index in [1.165, 1.54) is 19.3 Å². The van der Waals surface area contributed by atoms with Gasteiger partial charge in [0.05, 0.1) is 6.61 Å². The summed E-state index contributed by atoms with van der Waals surface area (Å²) in [6, 6.07) is 0. The number of nitrogens with one attached hydrogen (secondary N) is 2. The normalized spacial score (nSPS) is 15.3. The first-order valence-corrected chi connectivity index (χ1v) is 7.24. The predicted octanol–water partition coefficient (Wildman–Crippen LogP) is 2.63. The highest BCUT2D eigenvalue weighted by atomic mass is 127. The summed E-state index contributed by atoms with van der Waals surface area (Å²) in [4.78, 5) is 4.19. The third kappa shape index (κ3) is 11.5. The monoisotopic (exact) mass is 383 g/mol. The van der Waals surface area contributed by atoms with E-state index in [-0.39, 0.29) is 24.0 Å². The van der Waals surface area contributed by atoms with E-state index in [0.29, 0.717) is 0 Å². The van der Waals surface area contributed by atoms with Gasteiger partial charge in [-0.05, 0) is 24.7 Å². The average molecular weight is 383 g/mol. The van der Waals surface area contributed by atoms with Gasteiger partial charge >= 0.3 is 0 Å². The molecule has 2 N–H and O–H groups in total. The van der Waals surface area contributed by atoms with E-state index >= 15 is 0 Å². The SMILES string of the molecule is CN=C(NCCOCCC(C)C)NCCC1CC1.I. The maximum absolute atomic E-state index is 5.55. The average Bonchev–Trinajstić information content (AvgIpc) is 3.14. The molecule has 0 bridgehead atoms. The zero-order chi connectivity index (χ0) is 13.2. The van der Waals surface area contributed by atoms with Gasteiger partial charge in [-0.25, -0.2) is 0 Å². The number of guanidine groups is 1. The Labute approximate surface area is 135 Å². The molecule has 0 aromatic heterocycles. The first kappa shape index (κ1) is 19.0. The number of ether oxygens (including phenoxy) is 1. The molecule has 0 spiro atoms. The lowest BCUT2D eigenvalue weighted by molar-refractivity contribution is 0.128. The van der Waals surface area contributed by atoms with E-state index in [1.807, 2.05) is 7.05 Å². The van der Waals surface area contributed by atoms with Crippen LogP contribution < -0.4 is 10.6 Å². The number of halogens is 1. The Hall–Kier alpha value is -0.0400. The van der Waals surface area contributed by atoms with Crippen LogP contribution in [0.4, 0.5) is 0 Å². The van der Waals surface area contributed by atoms with Crippen molar-refractivity contribution in [3.05, 3.63) is 0 Å². The Balaban J connectivity index is 0.00000324. The topological polar surface area (TPSA) is 45.7 Å². The molecule has 1 rings (SSSR count). The summed E-state index contributed by atoms with van der Waals surface area (Å²) < 4.78 is 5.55. The second-order valence-corrected chi connectivity index (χ2v) is 5.45. The van der Waals surface area contributed by atoms with Gasteiger partial charge in [0.1, 0.15) is 0 Å². The van der Waals surface area contributed by atoms with Crippen molar-refractivity contribution < 1.29 is 4.74 Å². The summed E-state index contributed by atoms with van der Waals surface area (Å²) >= 11 is 0. The quantitative estimate of drug-likeness (QED) is 0.279. The molecule has 0 heterocycles. The van der Waals surface area contributed by atoms with E-state index in [1.54, 1.807) is 0 Å². The van der Waals surface area contributed by atoms with Crippen LogP contribution in [-0.4, -0.2) is 39.3 Å². The highest BCUT2D eigenvalue weighted by Crippen LogP contribution is 2.31. The fourth-order valence-electron chi connectivity index (χ4n) is 1.68. The lowest BCUT2D eigenvalue weighted by atomic mass is 10.1. The minimum atomic E-state index is 0. The van der Waals surface area contributed by atoms with Crippen molar-refractivity contribution in [3.63, 3.8) is 0 Å². The second-order valence-electron chi connectivity index (χ2n) is 5.45. The number of hydrogen-bond donors (Lipinski definition) is 2. The van der Waals surface area contributed by atoms with E-state index in [0.717, 1.165) is 50.5 Å². The minimum absolute atomic E-state index is 0. The van der Waals surface area contributed by atoms with E-state index < -0.39 is 0 Å². The summed E-state index contributed by atoms with van der Waals surface area (Å²) in [6.45, 7) is 7.88. The fraction of sp³-hybridized carbons (Fsp3) is 0.929. The molecule has 0 unspecified atom stereocenters. The van der Waals surface area contributed by atoms with Crippen LogP contribution in [0, 0.1) is 11.8 Å². The van der Waals surface area contributed by atoms with Crippen molar-refractivity contribution in [2.75, 3.05) is 33.4 Å². The van der Waals surface area contributed by atoms with E-state index in [4.69, 9.17) is 4.74 Å². The van der Waals surface area contributed by atoms with Crippen molar-refractivity contribution in [2.24, 2.45) is 16.8 Å². The molecule has 0 aromatic rings. The summed E-state index contributed by atoms with van der Waals surface area (Å²) in [6.07, 6.45) is 5.23. The molecule has 0 aromatic carbocycles. The predicted molar refractivity (Wildman–Crippen MR) is 92.4 cm³/mol. The van der Waals surface area contributed by atoms with Crippen LogP contribution >= 0.6 is 24.0 Å². The third-order valence-corrected chi connectivity index (χ3v) is 3.14. The van der Waals surface area contributed by atoms with Gasteiger partial charge in [0.15, 0.2) is 5.96 Å². The van der Waals surface area contributed by atoms with Gasteiger partial charge in [0.25, 0.3) is 0 Å². The van der Waals surface area contributed by atoms with Crippen molar-refractivity contribution in [3.8, 4) is 0 Å². The molecule has 1 saturated carbocycles. The van der Waals surface area contributed by atoms with Crippen molar-refractivity contribution >= 4 is 29.9 Å². The lowest BCUT2D eigenvalue weighted by Crippen LogP contribution is -2.39. The number of nitrogens with zero attached hydrogens (tertiary/aromatic N) is 1. The van der Waals surface area contributed by atoms with Crippen LogP contribution in [-0.2, 0) is 4.74 Å². The molecule has 19 heavy (non-hydrogen) atoms. The van der Waals surface area contributed by atoms with Gasteiger partial charge in [-0.15, -0.1) is 24.0 Å². The largest absolute Gasteiger partial charge is 0.380 e. The molecular formula is C14H30IN3O. The lowest BCUT2D eigenvalue weighted by Gasteiger charge is -2.12. The van der Waals surface area contributed by atoms with Crippen molar-refractivity contribution in [1.82, 2.24) is 10.6 Å². The van der Waals surface area contributed by atoms with Crippen LogP contribution in [0.3, 0.4) is 0 Å². The van der Waals surface area contributed by atoms with Crippen LogP contribution in [0.5, 0.6) is 0 Å². The standard InChI is InChI=1S/C14H29N3O.HI/c1-12(2)7-10-18-11-9-17-14(15-3)16-8-6-13-4-5-13;/h12-13H,4-11H2,1-3H3,(H2,15,16,17);1H. The summed E-state index contributed by atoms with van der Waals surface area (Å²) in [5.41, 5.74) is 0. The molecule has 4 nitrogen and oxygen atoms in total. The smallest absolute Gasteiger partial charge is 0.191 e. The first-order valence-electron chi connectivity index (χ1n) is 7.24. The summed E-state index contributed by atoms with van der Waals surface area (Å²) in [5, 5.41) is 6.60. The zero-order valence-electron chi connectivity index (χ0n) is 12.6. The van der Waals surface area contributed by atoms with Crippen LogP contribution in [0.1, 0.15) is 39.5 Å². The number of hydrogen-bond acceptors (Lipinski definition) is 2. The van der Waals surface area contributed by atoms with Gasteiger partial charge < -0.3 is 15.4 Å². The Morgan fingerprint density at radius 2 is 1.89 bits per heavy atom. The molecule has 1 aliphatic rings. The highest BCUT2D eigenvalue weighted by Gasteiger charge is 2.20. The molecule has 5 heteroatoms. The van der Waals surface area contributed by atoms with Gasteiger partial charge in [-0.1, -0.05) is 26.7 Å². The van der Waals surface area contributed by atoms with Gasteiger partial charge in [0.2, 0.25) is 0 Å². The Kier molecular flexibility index (Phi) is 11.7. The zero-order valence-corrected chi connectivity index (χ0v) is 14.9. The van der Waals surface area contributed by atoms with Crippen LogP contribution in [0.2, 0.25) is 0 Å². The molecule has 0 saturated heterocycles. The molecule has 1 aliphatic carbocycles. The first-order chi connectivity index (χ1) is 8.72. The highest BCUT2D eigenvalue weighted by molar-refractivity contribution is 14.0. The molecule has 0 radical (unpaired) electrons. The molecular weight excluding hydrogens is 353 g/mol. The van der Waals surface area contributed by atoms with Gasteiger partial charge in [0, 0.05) is 26.7 Å². The second kappa shape index (κ2) is 11.8. The molecule has 114 valence electrons. The molecule has 1 fully saturated rings. The van der Waals surface area contributed by atoms with Crippen LogP contribution in [0.15, 0.2) is 4.99 Å². The molecule has 0 aliphatic heterocycles. The molecule has 0 atom stereocenters. The van der Waals surface area contributed by atoms with Crippen molar-refractivity contribution in [2.45, 2.75) is 39.5 Å². The Bertz CT molecular complexity index is 243. The molecule has 0 amide bonds. The number of aliphatic imine (C=N–C) groups is 1. The Morgan fingerprint density at radius 3 is 2.47 bits per heavy atom. The third-order valence-electron chi connectivity index (χ3n) is 3.14. The summed E-state index contributed by atoms with van der Waals surface area (Å²) in [7, 11) is 1.81. The summed E-state index contributed by atoms with van der Waals surface area (Å²) in [5.74, 6) is 2.58. The van der Waals surface area contributed by atoms with Crippen molar-refractivity contribution in [1.29, 1.82) is 0 Å². The maximum Gasteiger partial charge on any atom is 0.191 e. The van der Waals surface area contributed by atoms with Gasteiger partial charge in [-0.3, -0.25) is 4.99 Å². The number of rotatable bonds is 9. The van der Waals surface area contributed by atoms with E-state index in [2.05, 4.69) is 29.5 Å². The van der Waals surface area contributed by atoms with Gasteiger partial charge in [-0.2, -0.15) is 0 Å². The Morgan fingerprint density at radius 1 is 1.21 bits per heavy atom. The fourth-order valence-corrected chi connectivity index (χ4v) is 1.68. The minimum Gasteiger partial charge on any atom is -0.380 e.